The molecular formula is C22H19BrClF2N3O3. The van der Waals surface area contributed by atoms with E-state index < -0.39 is 42.2 Å². The van der Waals surface area contributed by atoms with Crippen LogP contribution in [-0.4, -0.2) is 31.8 Å². The van der Waals surface area contributed by atoms with E-state index in [-0.39, 0.29) is 18.5 Å². The first-order valence-corrected chi connectivity index (χ1v) is 10.7. The molecule has 0 fully saturated rings. The smallest absolute Gasteiger partial charge is 0.346 e. The zero-order valence-corrected chi connectivity index (χ0v) is 19.1. The van der Waals surface area contributed by atoms with Crippen molar-refractivity contribution in [1.29, 1.82) is 0 Å². The summed E-state index contributed by atoms with van der Waals surface area (Å²) in [5.41, 5.74) is -0.0432. The highest BCUT2D eigenvalue weighted by Gasteiger charge is 2.23. The topological polar surface area (TPSA) is 77.1 Å². The maximum atomic E-state index is 14.1. The summed E-state index contributed by atoms with van der Waals surface area (Å²) in [6, 6.07) is 8.56. The van der Waals surface area contributed by atoms with E-state index in [4.69, 9.17) is 11.6 Å². The van der Waals surface area contributed by atoms with E-state index in [1.807, 2.05) is 0 Å². The molecule has 1 aromatic heterocycles. The van der Waals surface area contributed by atoms with Gasteiger partial charge in [0, 0.05) is 33.9 Å². The molecule has 0 saturated carbocycles. The average Bonchev–Trinajstić information content (AvgIpc) is 3.04. The largest absolute Gasteiger partial charge is 0.396 e. The molecule has 10 heteroatoms. The van der Waals surface area contributed by atoms with Crippen molar-refractivity contribution in [3.63, 3.8) is 0 Å². The summed E-state index contributed by atoms with van der Waals surface area (Å²) in [6.07, 6.45) is 1.23. The number of aromatic nitrogens is 3. The third-order valence-electron chi connectivity index (χ3n) is 4.85. The van der Waals surface area contributed by atoms with E-state index in [2.05, 4.69) is 27.6 Å². The van der Waals surface area contributed by atoms with Gasteiger partial charge in [0.1, 0.15) is 6.54 Å². The number of carbonyl (C=O) groups is 1. The number of hydrogen-bond donors (Lipinski definition) is 1. The highest BCUT2D eigenvalue weighted by molar-refractivity contribution is 9.10. The van der Waals surface area contributed by atoms with E-state index in [1.165, 1.54) is 22.8 Å². The summed E-state index contributed by atoms with van der Waals surface area (Å²) in [5, 5.41) is 14.4. The number of nitrogens with zero attached hydrogens (tertiary/aromatic N) is 3. The molecule has 0 aliphatic heterocycles. The lowest BCUT2D eigenvalue weighted by molar-refractivity contribution is -0.120. The Bertz CT molecular complexity index is 1230. The molecule has 0 saturated heterocycles. The Morgan fingerprint density at radius 3 is 2.72 bits per heavy atom. The Morgan fingerprint density at radius 2 is 2.06 bits per heavy atom. The van der Waals surface area contributed by atoms with Crippen LogP contribution in [0.3, 0.4) is 0 Å². The first-order valence-electron chi connectivity index (χ1n) is 9.57. The van der Waals surface area contributed by atoms with Crippen molar-refractivity contribution in [3.05, 3.63) is 86.2 Å². The minimum Gasteiger partial charge on any atom is -0.396 e. The number of aliphatic hydroxyl groups is 1. The third-order valence-corrected chi connectivity index (χ3v) is 5.74. The minimum absolute atomic E-state index is 0.101. The second kappa shape index (κ2) is 10.3. The molecule has 3 aromatic rings. The number of carbonyl (C=O) groups excluding carboxylic acids is 1. The van der Waals surface area contributed by atoms with Crippen molar-refractivity contribution in [2.24, 2.45) is 0 Å². The molecular weight excluding hydrogens is 508 g/mol. The summed E-state index contributed by atoms with van der Waals surface area (Å²) in [5.74, 6) is -3.29. The minimum atomic E-state index is -1.11. The molecule has 168 valence electrons. The van der Waals surface area contributed by atoms with Gasteiger partial charge in [-0.3, -0.25) is 9.36 Å². The maximum Gasteiger partial charge on any atom is 0.346 e. The molecule has 1 unspecified atom stereocenters. The summed E-state index contributed by atoms with van der Waals surface area (Å²) in [4.78, 5) is 25.5. The summed E-state index contributed by atoms with van der Waals surface area (Å²) >= 11 is 9.39. The van der Waals surface area contributed by atoms with Crippen LogP contribution in [0.4, 0.5) is 8.78 Å². The van der Waals surface area contributed by atoms with Crippen molar-refractivity contribution in [2.75, 3.05) is 6.61 Å². The Morgan fingerprint density at radius 1 is 1.31 bits per heavy atom. The molecule has 0 aliphatic carbocycles. The van der Waals surface area contributed by atoms with Crippen LogP contribution < -0.4 is 5.69 Å². The van der Waals surface area contributed by atoms with Gasteiger partial charge >= 0.3 is 5.69 Å². The predicted octanol–water partition coefficient (Wildman–Crippen LogP) is 4.33. The van der Waals surface area contributed by atoms with Gasteiger partial charge in [-0.2, -0.15) is 0 Å². The monoisotopic (exact) mass is 525 g/mol. The predicted molar refractivity (Wildman–Crippen MR) is 121 cm³/mol. The highest BCUT2D eigenvalue weighted by Crippen LogP contribution is 2.29. The summed E-state index contributed by atoms with van der Waals surface area (Å²) in [7, 11) is 0. The molecule has 1 heterocycles. The fraction of sp³-hybridized carbons (Fsp3) is 0.227. The number of halogens is 4. The average molecular weight is 527 g/mol. The van der Waals surface area contributed by atoms with Crippen LogP contribution in [-0.2, 0) is 17.9 Å². The lowest BCUT2D eigenvalue weighted by atomic mass is 9.94. The van der Waals surface area contributed by atoms with Gasteiger partial charge in [-0.05, 0) is 45.8 Å². The molecule has 32 heavy (non-hydrogen) atoms. The second-order valence-electron chi connectivity index (χ2n) is 7.05. The fourth-order valence-electron chi connectivity index (χ4n) is 3.32. The van der Waals surface area contributed by atoms with Crippen molar-refractivity contribution < 1.29 is 18.7 Å². The Hall–Kier alpha value is -2.62. The first-order chi connectivity index (χ1) is 15.3. The van der Waals surface area contributed by atoms with Crippen LogP contribution in [0.25, 0.3) is 11.4 Å². The van der Waals surface area contributed by atoms with E-state index >= 15 is 0 Å². The van der Waals surface area contributed by atoms with E-state index in [1.54, 1.807) is 18.2 Å². The zero-order chi connectivity index (χ0) is 23.4. The van der Waals surface area contributed by atoms with Crippen LogP contribution in [0.1, 0.15) is 17.9 Å². The standard InChI is InChI=1S/C22H19BrClF2N3O3/c1-2-8-28-21(17-7-6-14(24)10-18(17)23)27-29(22(28)32)11-15(31)9-13(12-30)16-4-3-5-19(25)20(16)26/h2-7,10,13,30H,1,8-9,11-12H2. The molecule has 3 rings (SSSR count). The van der Waals surface area contributed by atoms with Crippen molar-refractivity contribution in [3.8, 4) is 11.4 Å². The lowest BCUT2D eigenvalue weighted by Crippen LogP contribution is -2.28. The van der Waals surface area contributed by atoms with Gasteiger partial charge in [0.05, 0.1) is 6.61 Å². The number of aliphatic hydroxyl groups excluding tert-OH is 1. The number of ketones is 1. The molecule has 1 atom stereocenters. The number of allylic oxidation sites excluding steroid dienone is 1. The van der Waals surface area contributed by atoms with Crippen LogP contribution in [0.2, 0.25) is 5.02 Å². The van der Waals surface area contributed by atoms with Crippen molar-refractivity contribution in [1.82, 2.24) is 14.3 Å². The van der Waals surface area contributed by atoms with Crippen LogP contribution in [0, 0.1) is 11.6 Å². The van der Waals surface area contributed by atoms with E-state index in [0.717, 1.165) is 10.7 Å². The number of benzene rings is 2. The van der Waals surface area contributed by atoms with Crippen LogP contribution >= 0.6 is 27.5 Å². The van der Waals surface area contributed by atoms with Gasteiger partial charge in [-0.15, -0.1) is 11.7 Å². The first kappa shape index (κ1) is 24.0. The number of hydrogen-bond acceptors (Lipinski definition) is 4. The summed E-state index contributed by atoms with van der Waals surface area (Å²) in [6.45, 7) is 2.85. The van der Waals surface area contributed by atoms with Gasteiger partial charge in [0.15, 0.2) is 23.2 Å². The Labute approximate surface area is 195 Å². The molecule has 0 amide bonds. The van der Waals surface area contributed by atoms with Crippen molar-refractivity contribution in [2.45, 2.75) is 25.4 Å². The maximum absolute atomic E-state index is 14.1. The molecule has 0 radical (unpaired) electrons. The molecule has 0 bridgehead atoms. The zero-order valence-electron chi connectivity index (χ0n) is 16.8. The van der Waals surface area contributed by atoms with Gasteiger partial charge in [0.2, 0.25) is 0 Å². The molecule has 0 aliphatic rings. The van der Waals surface area contributed by atoms with E-state index in [9.17, 15) is 23.5 Å². The van der Waals surface area contributed by atoms with E-state index in [0.29, 0.717) is 20.9 Å². The van der Waals surface area contributed by atoms with Crippen molar-refractivity contribution >= 4 is 33.3 Å². The molecule has 6 nitrogen and oxygen atoms in total. The SMILES string of the molecule is C=CCn1c(-c2ccc(Cl)cc2Br)nn(CC(=O)CC(CO)c2cccc(F)c2F)c1=O. The van der Waals surface area contributed by atoms with Gasteiger partial charge in [-0.25, -0.2) is 18.3 Å². The molecule has 0 spiro atoms. The number of Topliss-reactive ketones (excluding diaryl/α,β-unsaturated/α-hetero) is 1. The van der Waals surface area contributed by atoms with Crippen LogP contribution in [0.15, 0.2) is 58.3 Å². The van der Waals surface area contributed by atoms with Gasteiger partial charge in [-0.1, -0.05) is 29.8 Å². The Kier molecular flexibility index (Phi) is 7.76. The fourth-order valence-corrected chi connectivity index (χ4v) is 4.18. The second-order valence-corrected chi connectivity index (χ2v) is 8.34. The van der Waals surface area contributed by atoms with Gasteiger partial charge in [0.25, 0.3) is 0 Å². The molecule has 1 N–H and O–H groups in total. The highest BCUT2D eigenvalue weighted by atomic mass is 79.9. The van der Waals surface area contributed by atoms with Crippen LogP contribution in [0.5, 0.6) is 0 Å². The Balaban J connectivity index is 1.90. The van der Waals surface area contributed by atoms with Gasteiger partial charge < -0.3 is 5.11 Å². The third kappa shape index (κ3) is 5.06. The summed E-state index contributed by atoms with van der Waals surface area (Å²) < 4.78 is 30.6. The quantitative estimate of drug-likeness (QED) is 0.421. The number of rotatable bonds is 9. The molecule has 2 aromatic carbocycles. The normalized spacial score (nSPS) is 12.0. The lowest BCUT2D eigenvalue weighted by Gasteiger charge is -2.14.